The van der Waals surface area contributed by atoms with Crippen molar-refractivity contribution in [3.63, 3.8) is 0 Å². The molecule has 0 aliphatic rings. The Morgan fingerprint density at radius 1 is 1.10 bits per heavy atom. The maximum absolute atomic E-state index is 13.2. The number of hydrogen-bond donors (Lipinski definition) is 1. The first-order valence-corrected chi connectivity index (χ1v) is 12.1. The molecule has 0 atom stereocenters. The zero-order valence-corrected chi connectivity index (χ0v) is 19.4. The summed E-state index contributed by atoms with van der Waals surface area (Å²) in [6, 6.07) is 3.10. The van der Waals surface area contributed by atoms with Crippen LogP contribution in [-0.2, 0) is 16.4 Å². The molecule has 160 valence electrons. The second-order valence-corrected chi connectivity index (χ2v) is 9.78. The highest BCUT2D eigenvalue weighted by molar-refractivity contribution is 9.10. The predicted molar refractivity (Wildman–Crippen MR) is 118 cm³/mol. The largest absolute Gasteiger partial charge is 0.360 e. The van der Waals surface area contributed by atoms with E-state index in [0.717, 1.165) is 12.8 Å². The third kappa shape index (κ3) is 4.51. The summed E-state index contributed by atoms with van der Waals surface area (Å²) in [7, 11) is -3.31. The van der Waals surface area contributed by atoms with Crippen molar-refractivity contribution >= 4 is 42.9 Å². The molecule has 3 aromatic rings. The minimum atomic E-state index is -3.31. The number of fused-ring (bicyclic) bond motifs is 1. The Balaban J connectivity index is 1.96. The van der Waals surface area contributed by atoms with E-state index in [9.17, 15) is 13.2 Å². The third-order valence-electron chi connectivity index (χ3n) is 4.85. The van der Waals surface area contributed by atoms with Gasteiger partial charge >= 0.3 is 0 Å². The minimum Gasteiger partial charge on any atom is -0.360 e. The van der Waals surface area contributed by atoms with Gasteiger partial charge in [0.1, 0.15) is 4.60 Å². The second-order valence-electron chi connectivity index (χ2n) is 6.69. The van der Waals surface area contributed by atoms with Crippen molar-refractivity contribution in [3.05, 3.63) is 45.2 Å². The molecule has 9 nitrogen and oxygen atoms in total. The van der Waals surface area contributed by atoms with E-state index in [1.54, 1.807) is 17.6 Å². The molecule has 0 spiro atoms. The van der Waals surface area contributed by atoms with Gasteiger partial charge < -0.3 is 5.32 Å². The standard InChI is InChI=1S/C19H23BrN6O3S/c1-4-13(5-2)26-18-16(23-11-15(20)24-18)25-17(19(26)27)22-9-12-7-8-14(10-21-12)30(28,29)6-3/h7-8,10-11,13H,4-6,9H2,1-3H3,(H,22,23,25). The van der Waals surface area contributed by atoms with E-state index in [0.29, 0.717) is 21.6 Å². The summed E-state index contributed by atoms with van der Waals surface area (Å²) < 4.78 is 26.0. The van der Waals surface area contributed by atoms with Gasteiger partial charge in [-0.3, -0.25) is 14.3 Å². The summed E-state index contributed by atoms with van der Waals surface area (Å²) in [6.07, 6.45) is 4.39. The number of rotatable bonds is 8. The van der Waals surface area contributed by atoms with E-state index >= 15 is 0 Å². The second kappa shape index (κ2) is 9.17. The van der Waals surface area contributed by atoms with Crippen LogP contribution in [-0.4, -0.2) is 38.7 Å². The third-order valence-corrected chi connectivity index (χ3v) is 6.96. The van der Waals surface area contributed by atoms with Crippen LogP contribution in [0.25, 0.3) is 11.3 Å². The average molecular weight is 495 g/mol. The smallest absolute Gasteiger partial charge is 0.295 e. The van der Waals surface area contributed by atoms with E-state index in [1.165, 1.54) is 18.5 Å². The molecular weight excluding hydrogens is 472 g/mol. The number of sulfone groups is 1. The van der Waals surface area contributed by atoms with Crippen LogP contribution in [0.2, 0.25) is 0 Å². The van der Waals surface area contributed by atoms with Crippen LogP contribution in [0.4, 0.5) is 5.82 Å². The Morgan fingerprint density at radius 3 is 2.43 bits per heavy atom. The Kier molecular flexibility index (Phi) is 6.81. The molecular formula is C19H23BrN6O3S. The molecule has 3 heterocycles. The molecule has 0 aromatic carbocycles. The topological polar surface area (TPSA) is 120 Å². The van der Waals surface area contributed by atoms with E-state index < -0.39 is 9.84 Å². The van der Waals surface area contributed by atoms with Crippen LogP contribution in [0.1, 0.15) is 45.3 Å². The van der Waals surface area contributed by atoms with Gasteiger partial charge in [0.2, 0.25) is 0 Å². The normalized spacial score (nSPS) is 11.9. The lowest BCUT2D eigenvalue weighted by Crippen LogP contribution is -2.29. The van der Waals surface area contributed by atoms with Crippen molar-refractivity contribution in [1.82, 2.24) is 24.5 Å². The van der Waals surface area contributed by atoms with Gasteiger partial charge in [-0.2, -0.15) is 0 Å². The van der Waals surface area contributed by atoms with Crippen molar-refractivity contribution in [3.8, 4) is 0 Å². The Hall–Kier alpha value is -2.40. The number of hydrogen-bond acceptors (Lipinski definition) is 8. The van der Waals surface area contributed by atoms with E-state index in [2.05, 4.69) is 41.2 Å². The molecule has 0 unspecified atom stereocenters. The van der Waals surface area contributed by atoms with Gasteiger partial charge in [-0.25, -0.2) is 23.4 Å². The van der Waals surface area contributed by atoms with E-state index in [1.807, 2.05) is 13.8 Å². The van der Waals surface area contributed by atoms with Gasteiger partial charge in [0.25, 0.3) is 5.56 Å². The lowest BCUT2D eigenvalue weighted by atomic mass is 10.1. The van der Waals surface area contributed by atoms with Crippen LogP contribution >= 0.6 is 15.9 Å². The maximum atomic E-state index is 13.2. The van der Waals surface area contributed by atoms with Crippen LogP contribution in [0.15, 0.2) is 38.8 Å². The fourth-order valence-electron chi connectivity index (χ4n) is 3.10. The predicted octanol–water partition coefficient (Wildman–Crippen LogP) is 3.11. The molecule has 0 aliphatic carbocycles. The summed E-state index contributed by atoms with van der Waals surface area (Å²) >= 11 is 3.31. The first-order valence-electron chi connectivity index (χ1n) is 9.67. The number of nitrogens with one attached hydrogen (secondary N) is 1. The Labute approximate surface area is 183 Å². The quantitative estimate of drug-likeness (QED) is 0.506. The molecule has 0 fully saturated rings. The van der Waals surface area contributed by atoms with Gasteiger partial charge in [-0.1, -0.05) is 20.8 Å². The Bertz CT molecular complexity index is 1210. The summed E-state index contributed by atoms with van der Waals surface area (Å²) in [4.78, 5) is 30.6. The monoisotopic (exact) mass is 494 g/mol. The molecule has 11 heteroatoms. The van der Waals surface area contributed by atoms with Crippen LogP contribution in [0.5, 0.6) is 0 Å². The fourth-order valence-corrected chi connectivity index (χ4v) is 4.20. The van der Waals surface area contributed by atoms with Crippen molar-refractivity contribution in [1.29, 1.82) is 0 Å². The molecule has 1 N–H and O–H groups in total. The van der Waals surface area contributed by atoms with Gasteiger partial charge in [0.05, 0.1) is 29.1 Å². The zero-order chi connectivity index (χ0) is 21.9. The van der Waals surface area contributed by atoms with Crippen molar-refractivity contribution in [2.24, 2.45) is 0 Å². The molecule has 30 heavy (non-hydrogen) atoms. The number of pyridine rings is 1. The van der Waals surface area contributed by atoms with E-state index in [4.69, 9.17) is 0 Å². The molecule has 0 radical (unpaired) electrons. The highest BCUT2D eigenvalue weighted by Gasteiger charge is 2.19. The van der Waals surface area contributed by atoms with Crippen LogP contribution < -0.4 is 10.9 Å². The summed E-state index contributed by atoms with van der Waals surface area (Å²) in [5.74, 6) is 0.165. The van der Waals surface area contributed by atoms with Crippen molar-refractivity contribution in [2.75, 3.05) is 11.1 Å². The number of aromatic nitrogens is 5. The zero-order valence-electron chi connectivity index (χ0n) is 17.0. The molecule has 0 saturated carbocycles. The summed E-state index contributed by atoms with van der Waals surface area (Å²) in [5, 5.41) is 3.02. The fraction of sp³-hybridized carbons (Fsp3) is 0.421. The average Bonchev–Trinajstić information content (AvgIpc) is 2.75. The molecule has 3 rings (SSSR count). The molecule has 0 saturated heterocycles. The first kappa shape index (κ1) is 22.3. The minimum absolute atomic E-state index is 0.0139. The van der Waals surface area contributed by atoms with Crippen molar-refractivity contribution < 1.29 is 8.42 Å². The molecule has 0 aliphatic heterocycles. The molecule has 3 aromatic heterocycles. The highest BCUT2D eigenvalue weighted by Crippen LogP contribution is 2.20. The molecule has 0 amide bonds. The number of nitrogens with zero attached hydrogens (tertiary/aromatic N) is 5. The number of halogens is 1. The van der Waals surface area contributed by atoms with Crippen LogP contribution in [0.3, 0.4) is 0 Å². The highest BCUT2D eigenvalue weighted by atomic mass is 79.9. The van der Waals surface area contributed by atoms with Gasteiger partial charge in [-0.15, -0.1) is 0 Å². The lowest BCUT2D eigenvalue weighted by molar-refractivity contribution is 0.468. The van der Waals surface area contributed by atoms with E-state index in [-0.39, 0.29) is 34.6 Å². The number of anilines is 1. The summed E-state index contributed by atoms with van der Waals surface area (Å²) in [6.45, 7) is 5.83. The van der Waals surface area contributed by atoms with Gasteiger partial charge in [-0.05, 0) is 40.9 Å². The summed E-state index contributed by atoms with van der Waals surface area (Å²) in [5.41, 5.74) is 1.10. The van der Waals surface area contributed by atoms with Crippen molar-refractivity contribution in [2.45, 2.75) is 51.1 Å². The first-order chi connectivity index (χ1) is 14.3. The van der Waals surface area contributed by atoms with Crippen LogP contribution in [0, 0.1) is 0 Å². The Morgan fingerprint density at radius 2 is 1.83 bits per heavy atom. The molecule has 0 bridgehead atoms. The lowest BCUT2D eigenvalue weighted by Gasteiger charge is -2.19. The van der Waals surface area contributed by atoms with Gasteiger partial charge in [0, 0.05) is 12.2 Å². The SMILES string of the molecule is CCC(CC)n1c(=O)c(NCc2ccc(S(=O)(=O)CC)cn2)nc2ncc(Br)nc21. The maximum Gasteiger partial charge on any atom is 0.295 e. The van der Waals surface area contributed by atoms with Gasteiger partial charge in [0.15, 0.2) is 26.9 Å².